The molecule has 1 aromatic rings. The summed E-state index contributed by atoms with van der Waals surface area (Å²) in [5.74, 6) is -1.33. The molecule has 210 valence electrons. The van der Waals surface area contributed by atoms with E-state index in [1.165, 1.54) is 0 Å². The molecular formula is C29H44N4O5. The van der Waals surface area contributed by atoms with Gasteiger partial charge in [0.2, 0.25) is 17.7 Å². The molecule has 2 fully saturated rings. The van der Waals surface area contributed by atoms with E-state index in [0.717, 1.165) is 55.2 Å². The number of nitrogens with zero attached hydrogens (tertiary/aromatic N) is 1. The first kappa shape index (κ1) is 29.5. The first-order valence-corrected chi connectivity index (χ1v) is 13.7. The Balaban J connectivity index is 2.02. The molecule has 4 atom stereocenters. The number of aryl methyl sites for hydroxylation is 1. The van der Waals surface area contributed by atoms with E-state index in [-0.39, 0.29) is 23.9 Å². The molecule has 0 heterocycles. The lowest BCUT2D eigenvalue weighted by Crippen LogP contribution is -2.55. The van der Waals surface area contributed by atoms with Crippen LogP contribution in [0.5, 0.6) is 0 Å². The van der Waals surface area contributed by atoms with Crippen LogP contribution in [0.25, 0.3) is 0 Å². The monoisotopic (exact) mass is 528 g/mol. The van der Waals surface area contributed by atoms with Crippen LogP contribution in [0.2, 0.25) is 0 Å². The maximum Gasteiger partial charge on any atom is 0.408 e. The molecule has 2 aliphatic carbocycles. The predicted molar refractivity (Wildman–Crippen MR) is 145 cm³/mol. The quantitative estimate of drug-likeness (QED) is 0.449. The van der Waals surface area contributed by atoms with E-state index in [1.54, 1.807) is 25.7 Å². The summed E-state index contributed by atoms with van der Waals surface area (Å²) in [5.41, 5.74) is 7.36. The van der Waals surface area contributed by atoms with Crippen molar-refractivity contribution in [2.45, 2.75) is 116 Å². The smallest absolute Gasteiger partial charge is 0.408 e. The van der Waals surface area contributed by atoms with Crippen molar-refractivity contribution in [1.82, 2.24) is 15.5 Å². The van der Waals surface area contributed by atoms with Crippen molar-refractivity contribution >= 4 is 23.8 Å². The first-order valence-electron chi connectivity index (χ1n) is 13.7. The molecular weight excluding hydrogens is 484 g/mol. The van der Waals surface area contributed by atoms with Gasteiger partial charge in [-0.15, -0.1) is 0 Å². The number of benzene rings is 1. The Labute approximate surface area is 226 Å². The minimum atomic E-state index is -1.26. The number of nitrogens with one attached hydrogen (secondary N) is 2. The SMILES string of the molecule is Cc1cccc(C(C(=O)NC2CCCCC2)N(C(=O)C(CC(N)=O)NC(=O)OC(C)(C)C)C2CC2C)c1C. The van der Waals surface area contributed by atoms with Crippen molar-refractivity contribution in [3.8, 4) is 0 Å². The molecule has 9 nitrogen and oxygen atoms in total. The first-order chi connectivity index (χ1) is 17.8. The molecule has 4 unspecified atom stereocenters. The van der Waals surface area contributed by atoms with E-state index in [9.17, 15) is 19.2 Å². The molecule has 0 spiro atoms. The molecule has 4 N–H and O–H groups in total. The number of carbonyl (C=O) groups is 4. The summed E-state index contributed by atoms with van der Waals surface area (Å²) in [5, 5.41) is 5.76. The molecule has 0 bridgehead atoms. The maximum absolute atomic E-state index is 14.2. The van der Waals surface area contributed by atoms with Crippen molar-refractivity contribution in [2.24, 2.45) is 11.7 Å². The van der Waals surface area contributed by atoms with Crippen LogP contribution < -0.4 is 16.4 Å². The molecule has 2 saturated carbocycles. The highest BCUT2D eigenvalue weighted by atomic mass is 16.6. The van der Waals surface area contributed by atoms with E-state index >= 15 is 0 Å². The van der Waals surface area contributed by atoms with Crippen molar-refractivity contribution < 1.29 is 23.9 Å². The van der Waals surface area contributed by atoms with Crippen LogP contribution in [0.3, 0.4) is 0 Å². The highest BCUT2D eigenvalue weighted by molar-refractivity contribution is 5.95. The lowest BCUT2D eigenvalue weighted by atomic mass is 9.92. The largest absolute Gasteiger partial charge is 0.444 e. The van der Waals surface area contributed by atoms with Crippen LogP contribution in [-0.4, -0.2) is 52.4 Å². The summed E-state index contributed by atoms with van der Waals surface area (Å²) in [7, 11) is 0. The van der Waals surface area contributed by atoms with Gasteiger partial charge >= 0.3 is 6.09 Å². The van der Waals surface area contributed by atoms with Crippen molar-refractivity contribution in [3.63, 3.8) is 0 Å². The van der Waals surface area contributed by atoms with Crippen LogP contribution in [0.4, 0.5) is 4.79 Å². The molecule has 3 rings (SSSR count). The van der Waals surface area contributed by atoms with Gasteiger partial charge in [-0.3, -0.25) is 14.4 Å². The van der Waals surface area contributed by atoms with Gasteiger partial charge in [0.15, 0.2) is 0 Å². The Hall–Kier alpha value is -3.10. The van der Waals surface area contributed by atoms with Gasteiger partial charge in [-0.05, 0) is 76.5 Å². The molecule has 2 aliphatic rings. The Kier molecular flexibility index (Phi) is 9.44. The second kappa shape index (κ2) is 12.2. The number of rotatable bonds is 9. The van der Waals surface area contributed by atoms with Gasteiger partial charge in [0.25, 0.3) is 0 Å². The van der Waals surface area contributed by atoms with Crippen LogP contribution in [-0.2, 0) is 19.1 Å². The van der Waals surface area contributed by atoms with Crippen LogP contribution in [0.15, 0.2) is 18.2 Å². The van der Waals surface area contributed by atoms with Gasteiger partial charge in [-0.1, -0.05) is 44.4 Å². The Morgan fingerprint density at radius 1 is 1.11 bits per heavy atom. The number of primary amides is 1. The van der Waals surface area contributed by atoms with Gasteiger partial charge in [-0.25, -0.2) is 4.79 Å². The van der Waals surface area contributed by atoms with Crippen molar-refractivity contribution in [2.75, 3.05) is 0 Å². The number of amides is 4. The number of hydrogen-bond acceptors (Lipinski definition) is 5. The van der Waals surface area contributed by atoms with E-state index in [4.69, 9.17) is 10.5 Å². The minimum absolute atomic E-state index is 0.0544. The number of hydrogen-bond donors (Lipinski definition) is 3. The normalized spacial score (nSPS) is 21.1. The number of alkyl carbamates (subject to hydrolysis) is 1. The number of nitrogens with two attached hydrogens (primary N) is 1. The van der Waals surface area contributed by atoms with Gasteiger partial charge < -0.3 is 26.0 Å². The minimum Gasteiger partial charge on any atom is -0.444 e. The number of carbonyl (C=O) groups excluding carboxylic acids is 4. The second-order valence-electron chi connectivity index (χ2n) is 11.9. The Morgan fingerprint density at radius 3 is 2.29 bits per heavy atom. The van der Waals surface area contributed by atoms with Gasteiger partial charge in [0.05, 0.1) is 6.42 Å². The zero-order valence-corrected chi connectivity index (χ0v) is 23.6. The average molecular weight is 529 g/mol. The van der Waals surface area contributed by atoms with Crippen LogP contribution in [0.1, 0.15) is 95.4 Å². The van der Waals surface area contributed by atoms with Crippen molar-refractivity contribution in [3.05, 3.63) is 34.9 Å². The van der Waals surface area contributed by atoms with Gasteiger partial charge in [0.1, 0.15) is 17.7 Å². The fourth-order valence-electron chi connectivity index (χ4n) is 5.22. The zero-order chi connectivity index (χ0) is 28.2. The predicted octanol–water partition coefficient (Wildman–Crippen LogP) is 3.80. The van der Waals surface area contributed by atoms with Gasteiger partial charge in [-0.2, -0.15) is 0 Å². The maximum atomic E-state index is 14.2. The molecule has 0 aliphatic heterocycles. The number of ether oxygens (including phenoxy) is 1. The molecule has 0 radical (unpaired) electrons. The third kappa shape index (κ3) is 7.71. The van der Waals surface area contributed by atoms with E-state index in [2.05, 4.69) is 10.6 Å². The molecule has 38 heavy (non-hydrogen) atoms. The zero-order valence-electron chi connectivity index (χ0n) is 23.6. The molecule has 0 aromatic heterocycles. The topological polar surface area (TPSA) is 131 Å². The summed E-state index contributed by atoms with van der Waals surface area (Å²) in [6.07, 6.45) is 4.58. The fraction of sp³-hybridized carbons (Fsp3) is 0.655. The second-order valence-corrected chi connectivity index (χ2v) is 11.9. The lowest BCUT2D eigenvalue weighted by molar-refractivity contribution is -0.144. The summed E-state index contributed by atoms with van der Waals surface area (Å²) in [4.78, 5) is 54.4. The van der Waals surface area contributed by atoms with Crippen LogP contribution >= 0.6 is 0 Å². The van der Waals surface area contributed by atoms with Gasteiger partial charge in [0, 0.05) is 12.1 Å². The Bertz CT molecular complexity index is 1040. The molecule has 9 heteroatoms. The molecule has 0 saturated heterocycles. The van der Waals surface area contributed by atoms with E-state index in [0.29, 0.717) is 0 Å². The van der Waals surface area contributed by atoms with E-state index < -0.39 is 42.0 Å². The highest BCUT2D eigenvalue weighted by Crippen LogP contribution is 2.42. The molecule has 1 aromatic carbocycles. The van der Waals surface area contributed by atoms with E-state index in [1.807, 2.05) is 39.0 Å². The average Bonchev–Trinajstić information content (AvgIpc) is 3.53. The summed E-state index contributed by atoms with van der Waals surface area (Å²) in [6, 6.07) is 3.42. The summed E-state index contributed by atoms with van der Waals surface area (Å²) >= 11 is 0. The third-order valence-corrected chi connectivity index (χ3v) is 7.49. The van der Waals surface area contributed by atoms with Crippen LogP contribution in [0, 0.1) is 19.8 Å². The summed E-state index contributed by atoms with van der Waals surface area (Å²) < 4.78 is 5.35. The van der Waals surface area contributed by atoms with Crippen molar-refractivity contribution in [1.29, 1.82) is 0 Å². The summed E-state index contributed by atoms with van der Waals surface area (Å²) in [6.45, 7) is 11.1. The highest BCUT2D eigenvalue weighted by Gasteiger charge is 2.49. The Morgan fingerprint density at radius 2 is 1.74 bits per heavy atom. The standard InChI is InChI=1S/C29H44N4O5/c1-17-11-10-14-21(19(17)3)25(26(35)31-20-12-8-7-9-13-20)33(23-15-18(23)2)27(36)22(16-24(30)34)32-28(37)38-29(4,5)6/h10-11,14,18,20,22-23,25H,7-9,12-13,15-16H2,1-6H3,(H2,30,34)(H,31,35)(H,32,37). The lowest BCUT2D eigenvalue weighted by Gasteiger charge is -2.36. The fourth-order valence-corrected chi connectivity index (χ4v) is 5.22. The molecule has 4 amide bonds. The third-order valence-electron chi connectivity index (χ3n) is 7.49.